The minimum Gasteiger partial charge on any atom is -0.348 e. The molecule has 1 atom stereocenters. The van der Waals surface area contributed by atoms with Crippen molar-refractivity contribution in [3.8, 4) is 11.1 Å². The predicted molar refractivity (Wildman–Crippen MR) is 132 cm³/mol. The Kier molecular flexibility index (Phi) is 7.18. The summed E-state index contributed by atoms with van der Waals surface area (Å²) < 4.78 is 0.589. The lowest BCUT2D eigenvalue weighted by atomic mass is 9.97. The van der Waals surface area contributed by atoms with Gasteiger partial charge in [-0.25, -0.2) is 0 Å². The molecule has 1 aliphatic heterocycles. The van der Waals surface area contributed by atoms with Gasteiger partial charge in [-0.05, 0) is 66.7 Å². The van der Waals surface area contributed by atoms with Gasteiger partial charge in [-0.2, -0.15) is 0 Å². The zero-order valence-electron chi connectivity index (χ0n) is 17.7. The Morgan fingerprint density at radius 2 is 1.84 bits per heavy atom. The number of nitrogens with one attached hydrogen (secondary N) is 2. The van der Waals surface area contributed by atoms with Crippen molar-refractivity contribution in [1.29, 1.82) is 0 Å². The van der Waals surface area contributed by atoms with Crippen molar-refractivity contribution < 1.29 is 9.63 Å². The number of amides is 1. The Labute approximate surface area is 201 Å². The zero-order chi connectivity index (χ0) is 22.7. The number of hydrogen-bond donors (Lipinski definition) is 2. The second-order valence-corrected chi connectivity index (χ2v) is 9.92. The van der Waals surface area contributed by atoms with E-state index in [1.807, 2.05) is 44.4 Å². The van der Waals surface area contributed by atoms with Gasteiger partial charge in [0.05, 0.1) is 21.5 Å². The number of halogens is 2. The van der Waals surface area contributed by atoms with E-state index in [4.69, 9.17) is 28.0 Å². The lowest BCUT2D eigenvalue weighted by Crippen LogP contribution is -2.31. The van der Waals surface area contributed by atoms with Crippen molar-refractivity contribution in [3.05, 3.63) is 86.0 Å². The van der Waals surface area contributed by atoms with Crippen molar-refractivity contribution >= 4 is 46.1 Å². The summed E-state index contributed by atoms with van der Waals surface area (Å²) in [5.74, 6) is -0.160. The SMILES string of the molecule is CN(C)Cc1ccc(Cl)cc1-c1ccc(C2=CC(CNC(=O)c3ccc(Cl)s3)ON2)cc1. The summed E-state index contributed by atoms with van der Waals surface area (Å²) in [5, 5.41) is 3.59. The second kappa shape index (κ2) is 10.1. The minimum absolute atomic E-state index is 0.160. The predicted octanol–water partition coefficient (Wildman–Crippen LogP) is 5.46. The van der Waals surface area contributed by atoms with Gasteiger partial charge >= 0.3 is 0 Å². The van der Waals surface area contributed by atoms with E-state index >= 15 is 0 Å². The third-order valence-corrected chi connectivity index (χ3v) is 6.46. The maximum absolute atomic E-state index is 12.2. The van der Waals surface area contributed by atoms with Crippen LogP contribution in [0.15, 0.2) is 60.7 Å². The van der Waals surface area contributed by atoms with E-state index in [2.05, 4.69) is 33.9 Å². The highest BCUT2D eigenvalue weighted by atomic mass is 35.5. The van der Waals surface area contributed by atoms with Crippen molar-refractivity contribution in [2.24, 2.45) is 0 Å². The van der Waals surface area contributed by atoms with Crippen LogP contribution in [-0.2, 0) is 11.4 Å². The van der Waals surface area contributed by atoms with Crippen LogP contribution in [0, 0.1) is 0 Å². The summed E-state index contributed by atoms with van der Waals surface area (Å²) in [6.45, 7) is 1.19. The second-order valence-electron chi connectivity index (χ2n) is 7.77. The van der Waals surface area contributed by atoms with Gasteiger partial charge in [0.15, 0.2) is 0 Å². The van der Waals surface area contributed by atoms with E-state index in [-0.39, 0.29) is 12.0 Å². The standard InChI is InChI=1S/C24H23Cl2N3O2S/c1-29(2)14-17-7-8-18(25)11-20(17)15-3-5-16(6-4-15)21-12-19(31-28-21)13-27-24(30)22-9-10-23(26)32-22/h3-12,19,28H,13-14H2,1-2H3,(H,27,30). The average Bonchev–Trinajstić information content (AvgIpc) is 3.42. The van der Waals surface area contributed by atoms with Crippen LogP contribution >= 0.6 is 34.5 Å². The zero-order valence-corrected chi connectivity index (χ0v) is 20.0. The van der Waals surface area contributed by atoms with Crippen LogP contribution in [0.4, 0.5) is 0 Å². The van der Waals surface area contributed by atoms with E-state index in [1.54, 1.807) is 12.1 Å². The lowest BCUT2D eigenvalue weighted by Gasteiger charge is -2.15. The molecule has 0 bridgehead atoms. The Hall–Kier alpha value is -2.35. The van der Waals surface area contributed by atoms with Gasteiger partial charge in [0, 0.05) is 11.6 Å². The quantitative estimate of drug-likeness (QED) is 0.464. The molecule has 166 valence electrons. The molecule has 0 saturated carbocycles. The highest BCUT2D eigenvalue weighted by Crippen LogP contribution is 2.29. The first kappa shape index (κ1) is 22.8. The number of rotatable bonds is 7. The molecule has 0 aliphatic carbocycles. The lowest BCUT2D eigenvalue weighted by molar-refractivity contribution is 0.0499. The largest absolute Gasteiger partial charge is 0.348 e. The van der Waals surface area contributed by atoms with E-state index < -0.39 is 0 Å². The van der Waals surface area contributed by atoms with Crippen molar-refractivity contribution in [1.82, 2.24) is 15.7 Å². The van der Waals surface area contributed by atoms with Gasteiger partial charge in [-0.3, -0.25) is 15.1 Å². The van der Waals surface area contributed by atoms with Crippen LogP contribution < -0.4 is 10.8 Å². The number of thiophene rings is 1. The Balaban J connectivity index is 1.43. The Morgan fingerprint density at radius 3 is 2.53 bits per heavy atom. The number of nitrogens with zero attached hydrogens (tertiary/aromatic N) is 1. The summed E-state index contributed by atoms with van der Waals surface area (Å²) in [7, 11) is 4.10. The summed E-state index contributed by atoms with van der Waals surface area (Å²) >= 11 is 13.4. The molecule has 2 heterocycles. The Morgan fingerprint density at radius 1 is 1.09 bits per heavy atom. The molecule has 2 aromatic carbocycles. The van der Waals surface area contributed by atoms with Crippen LogP contribution in [0.5, 0.6) is 0 Å². The highest BCUT2D eigenvalue weighted by molar-refractivity contribution is 7.18. The summed E-state index contributed by atoms with van der Waals surface area (Å²) in [4.78, 5) is 20.5. The van der Waals surface area contributed by atoms with Crippen molar-refractivity contribution in [2.75, 3.05) is 20.6 Å². The molecule has 0 saturated heterocycles. The molecular weight excluding hydrogens is 465 g/mol. The molecule has 0 radical (unpaired) electrons. The number of carbonyl (C=O) groups excluding carboxylic acids is 1. The molecule has 1 amide bonds. The van der Waals surface area contributed by atoms with Gasteiger partial charge in [-0.15, -0.1) is 11.3 Å². The van der Waals surface area contributed by atoms with Crippen molar-refractivity contribution in [2.45, 2.75) is 12.6 Å². The topological polar surface area (TPSA) is 53.6 Å². The fraction of sp³-hybridized carbons (Fsp3) is 0.208. The van der Waals surface area contributed by atoms with Crippen LogP contribution in [-0.4, -0.2) is 37.6 Å². The Bertz CT molecular complexity index is 1140. The normalized spacial score (nSPS) is 15.5. The molecule has 4 rings (SSSR count). The van der Waals surface area contributed by atoms with Gasteiger partial charge < -0.3 is 10.2 Å². The molecule has 1 aliphatic rings. The van der Waals surface area contributed by atoms with Crippen LogP contribution in [0.2, 0.25) is 9.36 Å². The molecule has 5 nitrogen and oxygen atoms in total. The fourth-order valence-corrected chi connectivity index (χ4v) is 4.62. The van der Waals surface area contributed by atoms with E-state index in [0.717, 1.165) is 34.0 Å². The highest BCUT2D eigenvalue weighted by Gasteiger charge is 2.19. The van der Waals surface area contributed by atoms with Crippen LogP contribution in [0.3, 0.4) is 0 Å². The summed E-state index contributed by atoms with van der Waals surface area (Å²) in [6.07, 6.45) is 1.71. The molecule has 0 spiro atoms. The number of carbonyl (C=O) groups is 1. The molecule has 1 aromatic heterocycles. The smallest absolute Gasteiger partial charge is 0.261 e. The number of benzene rings is 2. The van der Waals surface area contributed by atoms with Gasteiger partial charge in [0.1, 0.15) is 6.10 Å². The van der Waals surface area contributed by atoms with E-state index in [9.17, 15) is 4.79 Å². The molecule has 2 N–H and O–H groups in total. The third-order valence-electron chi connectivity index (χ3n) is 5.00. The van der Waals surface area contributed by atoms with Gasteiger partial charge in [0.25, 0.3) is 5.91 Å². The first-order chi connectivity index (χ1) is 15.4. The van der Waals surface area contributed by atoms with E-state index in [0.29, 0.717) is 15.8 Å². The maximum atomic E-state index is 12.2. The minimum atomic E-state index is -0.260. The van der Waals surface area contributed by atoms with E-state index in [1.165, 1.54) is 16.9 Å². The monoisotopic (exact) mass is 487 g/mol. The third kappa shape index (κ3) is 5.52. The van der Waals surface area contributed by atoms with Crippen molar-refractivity contribution in [3.63, 3.8) is 0 Å². The summed E-state index contributed by atoms with van der Waals surface area (Å²) in [6, 6.07) is 17.7. The van der Waals surface area contributed by atoms with Crippen LogP contribution in [0.25, 0.3) is 16.8 Å². The first-order valence-corrected chi connectivity index (χ1v) is 11.7. The van der Waals surface area contributed by atoms with Gasteiger partial charge in [0.2, 0.25) is 0 Å². The number of hydrogen-bond acceptors (Lipinski definition) is 5. The summed E-state index contributed by atoms with van der Waals surface area (Å²) in [5.41, 5.74) is 8.28. The molecule has 32 heavy (non-hydrogen) atoms. The van der Waals surface area contributed by atoms with Gasteiger partial charge in [-0.1, -0.05) is 53.5 Å². The molecular formula is C24H23Cl2N3O2S. The molecule has 3 aromatic rings. The van der Waals surface area contributed by atoms with Crippen LogP contribution in [0.1, 0.15) is 20.8 Å². The fourth-order valence-electron chi connectivity index (χ4n) is 3.49. The number of hydroxylamine groups is 1. The maximum Gasteiger partial charge on any atom is 0.261 e. The molecule has 0 fully saturated rings. The molecule has 1 unspecified atom stereocenters. The first-order valence-electron chi connectivity index (χ1n) is 10.1. The average molecular weight is 488 g/mol. The molecule has 8 heteroatoms.